The maximum absolute atomic E-state index is 12.2. The lowest BCUT2D eigenvalue weighted by Gasteiger charge is -2.15. The molecule has 45 heavy (non-hydrogen) atoms. The summed E-state index contributed by atoms with van der Waals surface area (Å²) in [5.74, 6) is 0.241. The third-order valence-corrected chi connectivity index (χ3v) is 9.08. The minimum absolute atomic E-state index is 0.0585. The quantitative estimate of drug-likeness (QED) is 0.0546. The van der Waals surface area contributed by atoms with Crippen LogP contribution in [0.2, 0.25) is 0 Å². The van der Waals surface area contributed by atoms with Gasteiger partial charge in [0.25, 0.3) is 0 Å². The van der Waals surface area contributed by atoms with E-state index in [1.807, 2.05) is 0 Å². The van der Waals surface area contributed by atoms with Crippen LogP contribution in [0.4, 0.5) is 0 Å². The van der Waals surface area contributed by atoms with Gasteiger partial charge in [-0.15, -0.1) is 0 Å². The van der Waals surface area contributed by atoms with Gasteiger partial charge in [0.1, 0.15) is 6.61 Å². The van der Waals surface area contributed by atoms with Crippen LogP contribution in [-0.2, 0) is 19.1 Å². The fourth-order valence-corrected chi connectivity index (χ4v) is 6.03. The highest BCUT2D eigenvalue weighted by Crippen LogP contribution is 2.16. The van der Waals surface area contributed by atoms with Gasteiger partial charge in [-0.1, -0.05) is 194 Å². The first-order valence-corrected chi connectivity index (χ1v) is 20.0. The Morgan fingerprint density at radius 1 is 0.489 bits per heavy atom. The predicted molar refractivity (Wildman–Crippen MR) is 192 cm³/mol. The van der Waals surface area contributed by atoms with E-state index in [9.17, 15) is 14.7 Å². The lowest BCUT2D eigenvalue weighted by Crippen LogP contribution is -2.28. The molecule has 0 unspecified atom stereocenters. The van der Waals surface area contributed by atoms with Crippen molar-refractivity contribution in [2.24, 2.45) is 5.92 Å². The fraction of sp³-hybridized carbons (Fsp3) is 0.950. The Labute approximate surface area is 280 Å². The highest BCUT2D eigenvalue weighted by atomic mass is 16.6. The molecule has 0 heterocycles. The summed E-state index contributed by atoms with van der Waals surface area (Å²) in [5.41, 5.74) is 0. The van der Waals surface area contributed by atoms with Crippen molar-refractivity contribution in [3.63, 3.8) is 0 Å². The summed E-state index contributed by atoms with van der Waals surface area (Å²) in [4.78, 5) is 24.2. The SMILES string of the molecule is CCCCCCCCCCCCCCCCCCCCCC(=O)O[C@@H](CO)COC(=O)CCCCCCCCCCCC(C)C. The smallest absolute Gasteiger partial charge is 0.306 e. The molecule has 0 aromatic carbocycles. The Bertz CT molecular complexity index is 620. The van der Waals surface area contributed by atoms with Crippen LogP contribution in [0.25, 0.3) is 0 Å². The van der Waals surface area contributed by atoms with Gasteiger partial charge in [0.05, 0.1) is 6.61 Å². The van der Waals surface area contributed by atoms with E-state index in [-0.39, 0.29) is 25.2 Å². The van der Waals surface area contributed by atoms with E-state index in [4.69, 9.17) is 9.47 Å². The van der Waals surface area contributed by atoms with Crippen LogP contribution in [0.15, 0.2) is 0 Å². The van der Waals surface area contributed by atoms with Crippen molar-refractivity contribution >= 4 is 11.9 Å². The van der Waals surface area contributed by atoms with E-state index in [0.29, 0.717) is 12.8 Å². The van der Waals surface area contributed by atoms with Crippen LogP contribution in [0.1, 0.15) is 220 Å². The molecular weight excluding hydrogens is 560 g/mol. The van der Waals surface area contributed by atoms with Crippen molar-refractivity contribution in [1.29, 1.82) is 0 Å². The average molecular weight is 639 g/mol. The molecule has 1 N–H and O–H groups in total. The summed E-state index contributed by atoms with van der Waals surface area (Å²) >= 11 is 0. The summed E-state index contributed by atoms with van der Waals surface area (Å²) < 4.78 is 10.6. The van der Waals surface area contributed by atoms with Crippen LogP contribution in [0.5, 0.6) is 0 Å². The number of aliphatic hydroxyl groups excluding tert-OH is 1. The third kappa shape index (κ3) is 35.6. The number of hydrogen-bond acceptors (Lipinski definition) is 5. The second kappa shape index (κ2) is 35.7. The van der Waals surface area contributed by atoms with Gasteiger partial charge in [-0.2, -0.15) is 0 Å². The zero-order valence-electron chi connectivity index (χ0n) is 30.6. The first-order valence-electron chi connectivity index (χ1n) is 20.0. The summed E-state index contributed by atoms with van der Waals surface area (Å²) in [6.45, 7) is 6.48. The van der Waals surface area contributed by atoms with Gasteiger partial charge in [0.15, 0.2) is 6.10 Å². The van der Waals surface area contributed by atoms with Crippen molar-refractivity contribution in [1.82, 2.24) is 0 Å². The van der Waals surface area contributed by atoms with Crippen molar-refractivity contribution in [2.75, 3.05) is 13.2 Å². The molecular formula is C40H78O5. The van der Waals surface area contributed by atoms with E-state index in [1.54, 1.807) is 0 Å². The Balaban J connectivity index is 3.48. The van der Waals surface area contributed by atoms with Gasteiger partial charge < -0.3 is 14.6 Å². The molecule has 0 aliphatic carbocycles. The monoisotopic (exact) mass is 639 g/mol. The minimum Gasteiger partial charge on any atom is -0.462 e. The molecule has 268 valence electrons. The number of hydrogen-bond donors (Lipinski definition) is 1. The van der Waals surface area contributed by atoms with Gasteiger partial charge in [-0.05, 0) is 18.8 Å². The zero-order chi connectivity index (χ0) is 33.1. The van der Waals surface area contributed by atoms with E-state index in [1.165, 1.54) is 148 Å². The van der Waals surface area contributed by atoms with Crippen LogP contribution >= 0.6 is 0 Å². The predicted octanol–water partition coefficient (Wildman–Crippen LogP) is 12.2. The van der Waals surface area contributed by atoms with E-state index < -0.39 is 6.10 Å². The third-order valence-electron chi connectivity index (χ3n) is 9.08. The zero-order valence-corrected chi connectivity index (χ0v) is 30.6. The minimum atomic E-state index is -0.762. The largest absolute Gasteiger partial charge is 0.462 e. The molecule has 0 aromatic rings. The summed E-state index contributed by atoms with van der Waals surface area (Å²) in [6.07, 6.45) is 37.4. The number of rotatable bonds is 36. The molecule has 0 spiro atoms. The van der Waals surface area contributed by atoms with Crippen molar-refractivity contribution < 1.29 is 24.2 Å². The molecule has 5 nitrogen and oxygen atoms in total. The summed E-state index contributed by atoms with van der Waals surface area (Å²) in [6, 6.07) is 0. The summed E-state index contributed by atoms with van der Waals surface area (Å²) in [7, 11) is 0. The lowest BCUT2D eigenvalue weighted by atomic mass is 10.0. The molecule has 5 heteroatoms. The van der Waals surface area contributed by atoms with Gasteiger partial charge in [0, 0.05) is 12.8 Å². The maximum atomic E-state index is 12.2. The second-order valence-electron chi connectivity index (χ2n) is 14.2. The highest BCUT2D eigenvalue weighted by Gasteiger charge is 2.16. The molecule has 1 atom stereocenters. The van der Waals surface area contributed by atoms with Crippen LogP contribution in [0.3, 0.4) is 0 Å². The standard InChI is InChI=1S/C40H78O5/c1-4-5-6-7-8-9-10-11-12-13-14-15-16-17-18-21-25-28-31-34-40(43)45-38(35-41)36-44-39(42)33-30-27-24-22-19-20-23-26-29-32-37(2)3/h37-38,41H,4-36H2,1-3H3/t38-/m0/s1. The Kier molecular flexibility index (Phi) is 34.9. The van der Waals surface area contributed by atoms with Gasteiger partial charge in [-0.25, -0.2) is 0 Å². The molecule has 0 bridgehead atoms. The number of carbonyl (C=O) groups excluding carboxylic acids is 2. The van der Waals surface area contributed by atoms with Crippen molar-refractivity contribution in [3.05, 3.63) is 0 Å². The summed E-state index contributed by atoms with van der Waals surface area (Å²) in [5, 5.41) is 9.54. The topological polar surface area (TPSA) is 72.8 Å². The molecule has 0 rings (SSSR count). The van der Waals surface area contributed by atoms with E-state index in [0.717, 1.165) is 44.4 Å². The van der Waals surface area contributed by atoms with Gasteiger partial charge in [0.2, 0.25) is 0 Å². The molecule has 0 aliphatic rings. The number of esters is 2. The molecule has 0 saturated carbocycles. The molecule has 0 amide bonds. The number of ether oxygens (including phenoxy) is 2. The first kappa shape index (κ1) is 43.9. The van der Waals surface area contributed by atoms with Crippen molar-refractivity contribution in [3.8, 4) is 0 Å². The Morgan fingerprint density at radius 2 is 0.822 bits per heavy atom. The van der Waals surface area contributed by atoms with Crippen LogP contribution < -0.4 is 0 Å². The molecule has 0 aromatic heterocycles. The average Bonchev–Trinajstić information content (AvgIpc) is 3.02. The maximum Gasteiger partial charge on any atom is 0.306 e. The normalized spacial score (nSPS) is 12.1. The van der Waals surface area contributed by atoms with Crippen LogP contribution in [0, 0.1) is 5.92 Å². The van der Waals surface area contributed by atoms with Gasteiger partial charge in [-0.3, -0.25) is 9.59 Å². The van der Waals surface area contributed by atoms with Crippen molar-refractivity contribution in [2.45, 2.75) is 226 Å². The molecule has 0 fully saturated rings. The van der Waals surface area contributed by atoms with Crippen LogP contribution in [-0.4, -0.2) is 36.4 Å². The second-order valence-corrected chi connectivity index (χ2v) is 14.2. The number of carbonyl (C=O) groups is 2. The number of unbranched alkanes of at least 4 members (excludes halogenated alkanes) is 26. The van der Waals surface area contributed by atoms with Gasteiger partial charge >= 0.3 is 11.9 Å². The highest BCUT2D eigenvalue weighted by molar-refractivity contribution is 5.70. The number of aliphatic hydroxyl groups is 1. The van der Waals surface area contributed by atoms with E-state index in [2.05, 4.69) is 20.8 Å². The fourth-order valence-electron chi connectivity index (χ4n) is 6.03. The lowest BCUT2D eigenvalue weighted by molar-refractivity contribution is -0.161. The van der Waals surface area contributed by atoms with E-state index >= 15 is 0 Å². The molecule has 0 saturated heterocycles. The Hall–Kier alpha value is -1.10. The first-order chi connectivity index (χ1) is 22.0. The molecule has 0 aliphatic heterocycles. The Morgan fingerprint density at radius 3 is 1.18 bits per heavy atom. The molecule has 0 radical (unpaired) electrons.